The molecule has 6 nitrogen and oxygen atoms in total. The Labute approximate surface area is 126 Å². The van der Waals surface area contributed by atoms with Gasteiger partial charge in [0.2, 0.25) is 0 Å². The van der Waals surface area contributed by atoms with Crippen LogP contribution in [-0.2, 0) is 35.3 Å². The average Bonchev–Trinajstić information content (AvgIpc) is 2.67. The number of hydrogen-bond donors (Lipinski definition) is 0. The van der Waals surface area contributed by atoms with Gasteiger partial charge in [0.05, 0.1) is 19.8 Å². The van der Waals surface area contributed by atoms with Gasteiger partial charge in [-0.05, 0) is 12.7 Å². The number of rotatable bonds is 9. The van der Waals surface area contributed by atoms with Crippen LogP contribution in [0.4, 0.5) is 0 Å². The predicted molar refractivity (Wildman–Crippen MR) is 77.6 cm³/mol. The number of methoxy groups -OCH3 is 2. The Morgan fingerprint density at radius 1 is 1.25 bits per heavy atom. The van der Waals surface area contributed by atoms with Crippen molar-refractivity contribution in [1.82, 2.24) is 0 Å². The first-order valence-electron chi connectivity index (χ1n) is 6.44. The van der Waals surface area contributed by atoms with Gasteiger partial charge in [-0.15, -0.1) is 0 Å². The highest BCUT2D eigenvalue weighted by molar-refractivity contribution is 8.08. The lowest BCUT2D eigenvalue weighted by molar-refractivity contribution is -0.191. The van der Waals surface area contributed by atoms with Crippen LogP contribution in [0.2, 0.25) is 0 Å². The van der Waals surface area contributed by atoms with Crippen LogP contribution in [0.15, 0.2) is 0 Å². The highest BCUT2D eigenvalue weighted by Gasteiger charge is 2.44. The van der Waals surface area contributed by atoms with Crippen molar-refractivity contribution in [2.75, 3.05) is 40.2 Å². The fourth-order valence-corrected chi connectivity index (χ4v) is 2.97. The van der Waals surface area contributed by atoms with Crippen LogP contribution in [-0.4, -0.2) is 72.4 Å². The second-order valence-electron chi connectivity index (χ2n) is 4.42. The van der Waals surface area contributed by atoms with E-state index in [2.05, 4.69) is 0 Å². The molecule has 0 aromatic carbocycles. The summed E-state index contributed by atoms with van der Waals surface area (Å²) in [6.07, 6.45) is -1.35. The number of hydrogen-bond acceptors (Lipinski definition) is 7. The van der Waals surface area contributed by atoms with Crippen molar-refractivity contribution in [3.63, 3.8) is 0 Å². The van der Waals surface area contributed by atoms with Crippen molar-refractivity contribution in [2.24, 2.45) is 0 Å². The SMILES string of the molecule is [B][C@@H]1O[C@H](COC)C(OP([O-])(=S)CC)[C@@H]1OCCOC. The summed E-state index contributed by atoms with van der Waals surface area (Å²) in [5.41, 5.74) is 0. The van der Waals surface area contributed by atoms with E-state index in [1.165, 1.54) is 7.11 Å². The molecule has 1 aliphatic heterocycles. The second kappa shape index (κ2) is 8.81. The summed E-state index contributed by atoms with van der Waals surface area (Å²) in [4.78, 5) is 12.0. The van der Waals surface area contributed by atoms with Gasteiger partial charge in [-0.1, -0.05) is 18.7 Å². The van der Waals surface area contributed by atoms with Crippen LogP contribution in [0.5, 0.6) is 0 Å². The third-order valence-corrected chi connectivity index (χ3v) is 5.32. The molecule has 20 heavy (non-hydrogen) atoms. The maximum atomic E-state index is 12.0. The first kappa shape index (κ1) is 18.5. The van der Waals surface area contributed by atoms with E-state index in [1.807, 2.05) is 0 Å². The lowest BCUT2D eigenvalue weighted by Crippen LogP contribution is -2.40. The molecule has 0 N–H and O–H groups in total. The van der Waals surface area contributed by atoms with Crippen LogP contribution in [0.25, 0.3) is 0 Å². The minimum atomic E-state index is -3.11. The molecule has 116 valence electrons. The van der Waals surface area contributed by atoms with E-state index in [0.29, 0.717) is 13.2 Å². The van der Waals surface area contributed by atoms with E-state index in [9.17, 15) is 4.89 Å². The summed E-state index contributed by atoms with van der Waals surface area (Å²) >= 11 is 4.96. The molecule has 2 unspecified atom stereocenters. The molecule has 0 aromatic heterocycles. The molecular weight excluding hydrogens is 302 g/mol. The fourth-order valence-electron chi connectivity index (χ4n) is 1.90. The van der Waals surface area contributed by atoms with Gasteiger partial charge in [-0.3, -0.25) is 0 Å². The Kier molecular flexibility index (Phi) is 8.16. The zero-order chi connectivity index (χ0) is 15.2. The maximum absolute atomic E-state index is 12.0. The van der Waals surface area contributed by atoms with Gasteiger partial charge in [-0.2, -0.15) is 0 Å². The highest BCUT2D eigenvalue weighted by Crippen LogP contribution is 2.42. The highest BCUT2D eigenvalue weighted by atomic mass is 32.5. The van der Waals surface area contributed by atoms with Gasteiger partial charge in [0.1, 0.15) is 26.2 Å². The molecule has 1 saturated heterocycles. The topological polar surface area (TPSA) is 69.2 Å². The van der Waals surface area contributed by atoms with Crippen molar-refractivity contribution in [3.05, 3.63) is 0 Å². The van der Waals surface area contributed by atoms with Crippen LogP contribution >= 0.6 is 6.49 Å². The predicted octanol–water partition coefficient (Wildman–Crippen LogP) is -0.367. The molecule has 1 heterocycles. The van der Waals surface area contributed by atoms with Gasteiger partial charge >= 0.3 is 0 Å². The molecule has 9 heteroatoms. The number of ether oxygens (including phenoxy) is 4. The maximum Gasteiger partial charge on any atom is 0.117 e. The van der Waals surface area contributed by atoms with E-state index >= 15 is 0 Å². The van der Waals surface area contributed by atoms with E-state index in [1.54, 1.807) is 14.0 Å². The Morgan fingerprint density at radius 2 is 1.95 bits per heavy atom. The van der Waals surface area contributed by atoms with Crippen LogP contribution in [0, 0.1) is 0 Å². The molecule has 5 atom stereocenters. The van der Waals surface area contributed by atoms with E-state index < -0.39 is 30.8 Å². The molecule has 0 spiro atoms. The van der Waals surface area contributed by atoms with Crippen molar-refractivity contribution in [2.45, 2.75) is 31.2 Å². The van der Waals surface area contributed by atoms with Gasteiger partial charge in [0.15, 0.2) is 0 Å². The molecule has 0 aliphatic carbocycles. The van der Waals surface area contributed by atoms with Crippen molar-refractivity contribution in [3.8, 4) is 0 Å². The zero-order valence-corrected chi connectivity index (χ0v) is 13.7. The third kappa shape index (κ3) is 5.35. The molecule has 1 aliphatic rings. The Hall–Kier alpha value is 0.475. The summed E-state index contributed by atoms with van der Waals surface area (Å²) in [5.74, 6) is 0. The molecule has 1 fully saturated rings. The molecule has 1 rings (SSSR count). The molecule has 0 bridgehead atoms. The second-order valence-corrected chi connectivity index (χ2v) is 8.15. The van der Waals surface area contributed by atoms with Gasteiger partial charge < -0.3 is 28.4 Å². The Bertz CT molecular complexity index is 334. The fraction of sp³-hybridized carbons (Fsp3) is 1.00. The zero-order valence-electron chi connectivity index (χ0n) is 12.0. The third-order valence-electron chi connectivity index (χ3n) is 2.94. The smallest absolute Gasteiger partial charge is 0.117 e. The van der Waals surface area contributed by atoms with Crippen LogP contribution in [0.3, 0.4) is 0 Å². The van der Waals surface area contributed by atoms with Crippen LogP contribution < -0.4 is 4.89 Å². The first-order chi connectivity index (χ1) is 9.45. The lowest BCUT2D eigenvalue weighted by atomic mass is 9.93. The van der Waals surface area contributed by atoms with Crippen molar-refractivity contribution < 1.29 is 28.4 Å². The monoisotopic (exact) mass is 323 g/mol. The molecule has 2 radical (unpaired) electrons. The largest absolute Gasteiger partial charge is 0.801 e. The van der Waals surface area contributed by atoms with E-state index in [4.69, 9.17) is 43.1 Å². The summed E-state index contributed by atoms with van der Waals surface area (Å²) in [6, 6.07) is -0.677. The van der Waals surface area contributed by atoms with E-state index in [-0.39, 0.29) is 12.8 Å². The molecule has 0 saturated carbocycles. The van der Waals surface area contributed by atoms with Crippen LogP contribution in [0.1, 0.15) is 6.92 Å². The standard InChI is InChI=1S/C11H22BO6PS/c1-4-19(13,20)18-9-8(7-15-3)17-11(12)10(9)16-6-5-14-2/h8-11H,4-7H2,1-3H3,(H,13,20)/p-1/t8-,9?,10+,11-,19?/m1/s1. The van der Waals surface area contributed by atoms with Gasteiger partial charge in [0.25, 0.3) is 0 Å². The summed E-state index contributed by atoms with van der Waals surface area (Å²) in [5, 5.41) is 0. The first-order valence-corrected chi connectivity index (χ1v) is 9.26. The lowest BCUT2D eigenvalue weighted by Gasteiger charge is -2.34. The van der Waals surface area contributed by atoms with Crippen molar-refractivity contribution >= 4 is 26.1 Å². The summed E-state index contributed by atoms with van der Waals surface area (Å²) < 4.78 is 26.7. The molecular formula is C11H21BO6PS-. The quantitative estimate of drug-likeness (QED) is 0.326. The Balaban J connectivity index is 2.74. The average molecular weight is 323 g/mol. The normalized spacial score (nSPS) is 33.2. The summed E-state index contributed by atoms with van der Waals surface area (Å²) in [6.45, 7) is -0.363. The van der Waals surface area contributed by atoms with Gasteiger partial charge in [0, 0.05) is 20.2 Å². The molecule has 0 aromatic rings. The van der Waals surface area contributed by atoms with Crippen molar-refractivity contribution in [1.29, 1.82) is 0 Å². The minimum Gasteiger partial charge on any atom is -0.801 e. The van der Waals surface area contributed by atoms with Gasteiger partial charge in [-0.25, -0.2) is 0 Å². The minimum absolute atomic E-state index is 0.262. The summed E-state index contributed by atoms with van der Waals surface area (Å²) in [7, 11) is 9.00. The molecule has 0 amide bonds. The van der Waals surface area contributed by atoms with E-state index in [0.717, 1.165) is 0 Å². The Morgan fingerprint density at radius 3 is 2.50 bits per heavy atom.